The number of hydrogen-bond donors (Lipinski definition) is 0. The number of rotatable bonds is 3. The minimum Gasteiger partial charge on any atom is -0.339 e. The molecule has 0 fully saturated rings. The molecule has 2 aromatic heterocycles. The fourth-order valence-electron chi connectivity index (χ4n) is 1.96. The zero-order valence-electron chi connectivity index (χ0n) is 10.4. The van der Waals surface area contributed by atoms with Crippen LogP contribution in [0.5, 0.6) is 0 Å². The molecule has 0 amide bonds. The lowest BCUT2D eigenvalue weighted by molar-refractivity contribution is 0.422. The molecule has 0 atom stereocenters. The first-order chi connectivity index (χ1) is 9.24. The lowest BCUT2D eigenvalue weighted by Gasteiger charge is -2.08. The van der Waals surface area contributed by atoms with Crippen molar-refractivity contribution in [2.75, 3.05) is 0 Å². The van der Waals surface area contributed by atoms with Crippen LogP contribution in [-0.2, 0) is 6.54 Å². The van der Waals surface area contributed by atoms with Crippen molar-refractivity contribution in [3.8, 4) is 11.6 Å². The summed E-state index contributed by atoms with van der Waals surface area (Å²) in [7, 11) is 0. The van der Waals surface area contributed by atoms with E-state index in [-0.39, 0.29) is 0 Å². The average Bonchev–Trinajstić information content (AvgIpc) is 3.01. The molecule has 96 valence electrons. The number of aromatic nitrogens is 3. The van der Waals surface area contributed by atoms with Crippen LogP contribution in [0.2, 0.25) is 5.02 Å². The Labute approximate surface area is 115 Å². The van der Waals surface area contributed by atoms with Crippen molar-refractivity contribution >= 4 is 11.6 Å². The summed E-state index contributed by atoms with van der Waals surface area (Å²) in [6.07, 6.45) is 1.97. The summed E-state index contributed by atoms with van der Waals surface area (Å²) in [6, 6.07) is 11.7. The molecule has 19 heavy (non-hydrogen) atoms. The summed E-state index contributed by atoms with van der Waals surface area (Å²) in [5, 5.41) is 4.57. The Morgan fingerprint density at radius 1 is 1.21 bits per heavy atom. The Hall–Kier alpha value is -2.07. The Morgan fingerprint density at radius 2 is 2.05 bits per heavy atom. The highest BCUT2D eigenvalue weighted by atomic mass is 35.5. The summed E-state index contributed by atoms with van der Waals surface area (Å²) >= 11 is 6.18. The summed E-state index contributed by atoms with van der Waals surface area (Å²) in [6.45, 7) is 2.47. The van der Waals surface area contributed by atoms with E-state index in [1.165, 1.54) is 0 Å². The van der Waals surface area contributed by atoms with Gasteiger partial charge in [-0.3, -0.25) is 0 Å². The highest BCUT2D eigenvalue weighted by Gasteiger charge is 2.11. The molecular formula is C14H12ClN3O. The van der Waals surface area contributed by atoms with E-state index < -0.39 is 0 Å². The number of nitrogens with zero attached hydrogens (tertiary/aromatic N) is 3. The zero-order chi connectivity index (χ0) is 13.2. The number of aryl methyl sites for hydroxylation is 1. The van der Waals surface area contributed by atoms with Crippen molar-refractivity contribution in [3.05, 3.63) is 59.0 Å². The molecule has 0 aliphatic rings. The molecule has 0 bridgehead atoms. The maximum Gasteiger partial charge on any atom is 0.274 e. The highest BCUT2D eigenvalue weighted by molar-refractivity contribution is 6.31. The molecule has 0 radical (unpaired) electrons. The van der Waals surface area contributed by atoms with Crippen molar-refractivity contribution in [2.24, 2.45) is 0 Å². The lowest BCUT2D eigenvalue weighted by atomic mass is 10.2. The van der Waals surface area contributed by atoms with Gasteiger partial charge in [-0.1, -0.05) is 35.0 Å². The quantitative estimate of drug-likeness (QED) is 0.733. The van der Waals surface area contributed by atoms with Crippen LogP contribution in [0.25, 0.3) is 11.6 Å². The first-order valence-electron chi connectivity index (χ1n) is 5.93. The molecule has 4 nitrogen and oxygen atoms in total. The second-order valence-corrected chi connectivity index (χ2v) is 4.67. The van der Waals surface area contributed by atoms with Gasteiger partial charge in [-0.15, -0.1) is 0 Å². The van der Waals surface area contributed by atoms with Crippen molar-refractivity contribution < 1.29 is 4.52 Å². The van der Waals surface area contributed by atoms with Gasteiger partial charge in [0, 0.05) is 17.8 Å². The first kappa shape index (κ1) is 12.0. The van der Waals surface area contributed by atoms with E-state index in [1.54, 1.807) is 6.92 Å². The standard InChI is InChI=1S/C14H12ClN3O/c1-10-16-14(19-17-10)13-7-4-8-18(13)9-11-5-2-3-6-12(11)15/h2-8H,9H2,1H3. The van der Waals surface area contributed by atoms with E-state index in [0.717, 1.165) is 16.3 Å². The normalized spacial score (nSPS) is 10.8. The van der Waals surface area contributed by atoms with Crippen molar-refractivity contribution in [1.29, 1.82) is 0 Å². The van der Waals surface area contributed by atoms with Gasteiger partial charge in [0.05, 0.1) is 0 Å². The third kappa shape index (κ3) is 2.39. The molecule has 0 saturated heterocycles. The Balaban J connectivity index is 1.95. The van der Waals surface area contributed by atoms with Gasteiger partial charge in [-0.25, -0.2) is 0 Å². The number of hydrogen-bond acceptors (Lipinski definition) is 3. The topological polar surface area (TPSA) is 43.9 Å². The maximum absolute atomic E-state index is 6.18. The molecule has 0 spiro atoms. The van der Waals surface area contributed by atoms with Crippen molar-refractivity contribution in [2.45, 2.75) is 13.5 Å². The monoisotopic (exact) mass is 273 g/mol. The zero-order valence-corrected chi connectivity index (χ0v) is 11.1. The van der Waals surface area contributed by atoms with Crippen LogP contribution in [0.4, 0.5) is 0 Å². The number of benzene rings is 1. The lowest BCUT2D eigenvalue weighted by Crippen LogP contribution is -2.01. The van der Waals surface area contributed by atoms with E-state index in [1.807, 2.05) is 47.2 Å². The van der Waals surface area contributed by atoms with Crippen LogP contribution in [0.1, 0.15) is 11.4 Å². The molecule has 0 aliphatic heterocycles. The maximum atomic E-state index is 6.18. The van der Waals surface area contributed by atoms with Crippen molar-refractivity contribution in [3.63, 3.8) is 0 Å². The van der Waals surface area contributed by atoms with Crippen molar-refractivity contribution in [1.82, 2.24) is 14.7 Å². The summed E-state index contributed by atoms with van der Waals surface area (Å²) in [4.78, 5) is 4.25. The fraction of sp³-hybridized carbons (Fsp3) is 0.143. The molecule has 5 heteroatoms. The molecule has 3 rings (SSSR count). The minimum absolute atomic E-state index is 0.523. The van der Waals surface area contributed by atoms with Crippen LogP contribution in [0, 0.1) is 6.92 Å². The summed E-state index contributed by atoms with van der Waals surface area (Å²) in [5.41, 5.74) is 1.94. The largest absolute Gasteiger partial charge is 0.339 e. The Kier molecular flexibility index (Phi) is 3.09. The van der Waals surface area contributed by atoms with E-state index >= 15 is 0 Å². The smallest absolute Gasteiger partial charge is 0.274 e. The molecule has 3 aromatic rings. The van der Waals surface area contributed by atoms with E-state index in [9.17, 15) is 0 Å². The van der Waals surface area contributed by atoms with Crippen LogP contribution < -0.4 is 0 Å². The van der Waals surface area contributed by atoms with Gasteiger partial charge >= 0.3 is 0 Å². The van der Waals surface area contributed by atoms with Gasteiger partial charge in [0.1, 0.15) is 5.69 Å². The second-order valence-electron chi connectivity index (χ2n) is 4.26. The van der Waals surface area contributed by atoms with Crippen LogP contribution in [-0.4, -0.2) is 14.7 Å². The minimum atomic E-state index is 0.523. The number of halogens is 1. The molecular weight excluding hydrogens is 262 g/mol. The Morgan fingerprint density at radius 3 is 2.79 bits per heavy atom. The molecule has 0 N–H and O–H groups in total. The van der Waals surface area contributed by atoms with Crippen LogP contribution >= 0.6 is 11.6 Å². The van der Waals surface area contributed by atoms with Crippen LogP contribution in [0.15, 0.2) is 47.1 Å². The van der Waals surface area contributed by atoms with Gasteiger partial charge in [-0.2, -0.15) is 4.98 Å². The molecule has 2 heterocycles. The molecule has 1 aromatic carbocycles. The van der Waals surface area contributed by atoms with Gasteiger partial charge in [0.15, 0.2) is 5.82 Å². The fourth-order valence-corrected chi connectivity index (χ4v) is 2.15. The van der Waals surface area contributed by atoms with Crippen LogP contribution in [0.3, 0.4) is 0 Å². The first-order valence-corrected chi connectivity index (χ1v) is 6.31. The van der Waals surface area contributed by atoms with Gasteiger partial charge in [0.25, 0.3) is 5.89 Å². The molecule has 0 saturated carbocycles. The predicted octanol–water partition coefficient (Wildman–Crippen LogP) is 3.55. The average molecular weight is 274 g/mol. The molecule has 0 unspecified atom stereocenters. The van der Waals surface area contributed by atoms with Gasteiger partial charge in [0.2, 0.25) is 0 Å². The molecule has 0 aliphatic carbocycles. The third-order valence-corrected chi connectivity index (χ3v) is 3.24. The van der Waals surface area contributed by atoms with E-state index in [2.05, 4.69) is 10.1 Å². The van der Waals surface area contributed by atoms with Gasteiger partial charge in [-0.05, 0) is 30.7 Å². The summed E-state index contributed by atoms with van der Waals surface area (Å²) in [5.74, 6) is 1.15. The predicted molar refractivity (Wildman–Crippen MR) is 73.0 cm³/mol. The van der Waals surface area contributed by atoms with E-state index in [0.29, 0.717) is 18.3 Å². The third-order valence-electron chi connectivity index (χ3n) is 2.87. The highest BCUT2D eigenvalue weighted by Crippen LogP contribution is 2.22. The second kappa shape index (κ2) is 4.90. The summed E-state index contributed by atoms with van der Waals surface area (Å²) < 4.78 is 7.24. The van der Waals surface area contributed by atoms with E-state index in [4.69, 9.17) is 16.1 Å². The Bertz CT molecular complexity index is 702. The van der Waals surface area contributed by atoms with Gasteiger partial charge < -0.3 is 9.09 Å². The SMILES string of the molecule is Cc1noc(-c2cccn2Cc2ccccc2Cl)n1.